The molecule has 26 heavy (non-hydrogen) atoms. The Labute approximate surface area is 157 Å². The smallest absolute Gasteiger partial charge is 0.341 e. The van der Waals surface area contributed by atoms with Crippen LogP contribution >= 0.6 is 23.2 Å². The van der Waals surface area contributed by atoms with Crippen molar-refractivity contribution in [3.63, 3.8) is 0 Å². The topological polar surface area (TPSA) is 99.3 Å². The number of H-pyrrole nitrogens is 1. The number of aromatic carboxylic acids is 1. The minimum absolute atomic E-state index is 0.0729. The second kappa shape index (κ2) is 7.19. The van der Waals surface area contributed by atoms with Gasteiger partial charge in [0.15, 0.2) is 0 Å². The van der Waals surface area contributed by atoms with E-state index in [2.05, 4.69) is 10.3 Å². The van der Waals surface area contributed by atoms with Crippen LogP contribution < -0.4 is 10.9 Å². The maximum atomic E-state index is 12.3. The highest BCUT2D eigenvalue weighted by Crippen LogP contribution is 2.23. The molecule has 1 aromatic heterocycles. The first-order valence-corrected chi connectivity index (χ1v) is 8.24. The minimum Gasteiger partial charge on any atom is -0.477 e. The molecule has 2 aromatic carbocycles. The van der Waals surface area contributed by atoms with Gasteiger partial charge in [-0.15, -0.1) is 0 Å². The number of aromatic amines is 1. The first-order valence-electron chi connectivity index (χ1n) is 7.48. The van der Waals surface area contributed by atoms with Crippen molar-refractivity contribution >= 4 is 46.0 Å². The molecule has 0 saturated heterocycles. The van der Waals surface area contributed by atoms with Gasteiger partial charge in [-0.25, -0.2) is 4.79 Å². The van der Waals surface area contributed by atoms with Crippen molar-refractivity contribution in [2.24, 2.45) is 0 Å². The fourth-order valence-electron chi connectivity index (χ4n) is 2.57. The third-order valence-electron chi connectivity index (χ3n) is 3.79. The molecule has 0 bridgehead atoms. The molecule has 0 aliphatic heterocycles. The van der Waals surface area contributed by atoms with E-state index in [-0.39, 0.29) is 18.0 Å². The molecule has 0 fully saturated rings. The third-order valence-corrected chi connectivity index (χ3v) is 4.33. The molecule has 3 aromatic rings. The maximum absolute atomic E-state index is 12.3. The number of carboxylic acids is 1. The van der Waals surface area contributed by atoms with E-state index in [1.54, 1.807) is 36.4 Å². The van der Waals surface area contributed by atoms with Gasteiger partial charge in [0.1, 0.15) is 5.56 Å². The Hall–Kier alpha value is -2.83. The van der Waals surface area contributed by atoms with Crippen molar-refractivity contribution in [1.29, 1.82) is 0 Å². The summed E-state index contributed by atoms with van der Waals surface area (Å²) in [4.78, 5) is 37.9. The van der Waals surface area contributed by atoms with Gasteiger partial charge in [0.05, 0.1) is 16.1 Å². The lowest BCUT2D eigenvalue weighted by molar-refractivity contribution is 0.0695. The van der Waals surface area contributed by atoms with Gasteiger partial charge in [-0.2, -0.15) is 0 Å². The van der Waals surface area contributed by atoms with Crippen LogP contribution in [0, 0.1) is 0 Å². The van der Waals surface area contributed by atoms with Gasteiger partial charge in [0.25, 0.3) is 11.5 Å². The van der Waals surface area contributed by atoms with Gasteiger partial charge >= 0.3 is 5.97 Å². The maximum Gasteiger partial charge on any atom is 0.341 e. The second-order valence-electron chi connectivity index (χ2n) is 5.51. The Kier molecular flexibility index (Phi) is 4.97. The predicted molar refractivity (Wildman–Crippen MR) is 99.2 cm³/mol. The number of carbonyl (C=O) groups excluding carboxylic acids is 1. The van der Waals surface area contributed by atoms with E-state index >= 15 is 0 Å². The molecule has 0 aliphatic carbocycles. The predicted octanol–water partition coefficient (Wildman–Crippen LogP) is 3.46. The Morgan fingerprint density at radius 1 is 1.08 bits per heavy atom. The molecule has 0 radical (unpaired) electrons. The first kappa shape index (κ1) is 18.0. The summed E-state index contributed by atoms with van der Waals surface area (Å²) in [6, 6.07) is 11.0. The number of hydrogen-bond donors (Lipinski definition) is 3. The molecule has 132 valence electrons. The molecule has 0 spiro atoms. The van der Waals surface area contributed by atoms with E-state index in [4.69, 9.17) is 28.3 Å². The van der Waals surface area contributed by atoms with Crippen molar-refractivity contribution in [1.82, 2.24) is 10.3 Å². The van der Waals surface area contributed by atoms with Crippen molar-refractivity contribution < 1.29 is 14.7 Å². The summed E-state index contributed by atoms with van der Waals surface area (Å²) in [6.07, 6.45) is 0. The third kappa shape index (κ3) is 3.56. The summed E-state index contributed by atoms with van der Waals surface area (Å²) < 4.78 is 0. The largest absolute Gasteiger partial charge is 0.477 e. The lowest BCUT2D eigenvalue weighted by atomic mass is 10.1. The molecule has 1 amide bonds. The van der Waals surface area contributed by atoms with E-state index in [9.17, 15) is 14.4 Å². The molecule has 3 rings (SSSR count). The van der Waals surface area contributed by atoms with Gasteiger partial charge in [-0.1, -0.05) is 35.3 Å². The van der Waals surface area contributed by atoms with E-state index in [0.717, 1.165) is 0 Å². The fourth-order valence-corrected chi connectivity index (χ4v) is 3.04. The number of hydrogen-bond acceptors (Lipinski definition) is 3. The molecule has 1 heterocycles. The summed E-state index contributed by atoms with van der Waals surface area (Å²) in [7, 11) is 0. The standard InChI is InChI=1S/C18H12Cl2N2O4/c19-11-5-9-7-13(18(25)26)17(24)22-15(9)10(6-11)8-21-16(23)12-3-1-2-4-14(12)20/h1-7H,8H2,(H,21,23)(H,22,24)(H,25,26). The molecular weight excluding hydrogens is 379 g/mol. The number of carboxylic acid groups (broad SMARTS) is 1. The second-order valence-corrected chi connectivity index (χ2v) is 6.35. The van der Waals surface area contributed by atoms with Crippen LogP contribution in [0.4, 0.5) is 0 Å². The highest BCUT2D eigenvalue weighted by Gasteiger charge is 2.14. The molecule has 0 atom stereocenters. The Balaban J connectivity index is 1.96. The van der Waals surface area contributed by atoms with Crippen molar-refractivity contribution in [3.05, 3.63) is 79.6 Å². The summed E-state index contributed by atoms with van der Waals surface area (Å²) in [6.45, 7) is 0.0729. The highest BCUT2D eigenvalue weighted by atomic mass is 35.5. The molecular formula is C18H12Cl2N2O4. The highest BCUT2D eigenvalue weighted by molar-refractivity contribution is 6.33. The quantitative estimate of drug-likeness (QED) is 0.634. The zero-order valence-electron chi connectivity index (χ0n) is 13.2. The number of nitrogens with one attached hydrogen (secondary N) is 2. The van der Waals surface area contributed by atoms with E-state index in [1.165, 1.54) is 6.07 Å². The molecule has 3 N–H and O–H groups in total. The number of fused-ring (bicyclic) bond motifs is 1. The van der Waals surface area contributed by atoms with Crippen LogP contribution in [0.2, 0.25) is 10.0 Å². The lowest BCUT2D eigenvalue weighted by Crippen LogP contribution is -2.24. The number of pyridine rings is 1. The van der Waals surface area contributed by atoms with Crippen LogP contribution in [-0.4, -0.2) is 22.0 Å². The summed E-state index contributed by atoms with van der Waals surface area (Å²) in [5, 5.41) is 12.9. The average Bonchev–Trinajstić information content (AvgIpc) is 2.59. The number of rotatable bonds is 4. The Bertz CT molecular complexity index is 1090. The first-order chi connectivity index (χ1) is 12.4. The van der Waals surface area contributed by atoms with Gasteiger partial charge in [-0.3, -0.25) is 9.59 Å². The van der Waals surface area contributed by atoms with Crippen molar-refractivity contribution in [2.75, 3.05) is 0 Å². The Morgan fingerprint density at radius 2 is 1.81 bits per heavy atom. The fraction of sp³-hybridized carbons (Fsp3) is 0.0556. The van der Waals surface area contributed by atoms with Gasteiger partial charge in [0.2, 0.25) is 0 Å². The van der Waals surface area contributed by atoms with E-state index in [1.807, 2.05) is 0 Å². The summed E-state index contributed by atoms with van der Waals surface area (Å²) in [5.74, 6) is -1.71. The monoisotopic (exact) mass is 390 g/mol. The van der Waals surface area contributed by atoms with E-state index in [0.29, 0.717) is 32.1 Å². The molecule has 0 unspecified atom stereocenters. The normalized spacial score (nSPS) is 10.7. The number of aromatic nitrogens is 1. The molecule has 0 aliphatic rings. The van der Waals surface area contributed by atoms with Crippen LogP contribution in [0.5, 0.6) is 0 Å². The van der Waals surface area contributed by atoms with Crippen molar-refractivity contribution in [2.45, 2.75) is 6.54 Å². The Morgan fingerprint density at radius 3 is 2.50 bits per heavy atom. The van der Waals surface area contributed by atoms with Crippen molar-refractivity contribution in [3.8, 4) is 0 Å². The number of halogens is 2. The number of amides is 1. The number of benzene rings is 2. The van der Waals surface area contributed by atoms with Crippen LogP contribution in [0.3, 0.4) is 0 Å². The van der Waals surface area contributed by atoms with Crippen LogP contribution in [-0.2, 0) is 6.54 Å². The zero-order valence-corrected chi connectivity index (χ0v) is 14.7. The summed E-state index contributed by atoms with van der Waals surface area (Å²) in [5.41, 5.74) is 0.157. The summed E-state index contributed by atoms with van der Waals surface area (Å²) >= 11 is 12.1. The van der Waals surface area contributed by atoms with Crippen LogP contribution in [0.25, 0.3) is 10.9 Å². The molecule has 6 nitrogen and oxygen atoms in total. The van der Waals surface area contributed by atoms with Crippen LogP contribution in [0.15, 0.2) is 47.3 Å². The molecule has 8 heteroatoms. The van der Waals surface area contributed by atoms with Crippen LogP contribution in [0.1, 0.15) is 26.3 Å². The average molecular weight is 391 g/mol. The van der Waals surface area contributed by atoms with Gasteiger partial charge in [-0.05, 0) is 35.9 Å². The van der Waals surface area contributed by atoms with E-state index < -0.39 is 11.5 Å². The minimum atomic E-state index is -1.33. The number of carbonyl (C=O) groups is 2. The zero-order chi connectivity index (χ0) is 18.8. The lowest BCUT2D eigenvalue weighted by Gasteiger charge is -2.10. The SMILES string of the molecule is O=C(NCc1cc(Cl)cc2cc(C(=O)O)c(=O)[nH]c12)c1ccccc1Cl. The van der Waals surface area contributed by atoms with Gasteiger partial charge < -0.3 is 15.4 Å². The van der Waals surface area contributed by atoms with Gasteiger partial charge in [0, 0.05) is 17.0 Å². The molecule has 0 saturated carbocycles.